The fourth-order valence-corrected chi connectivity index (χ4v) is 2.39. The van der Waals surface area contributed by atoms with E-state index in [1.807, 2.05) is 36.5 Å². The molecule has 0 aliphatic carbocycles. The van der Waals surface area contributed by atoms with Crippen LogP contribution < -0.4 is 11.1 Å². The summed E-state index contributed by atoms with van der Waals surface area (Å²) in [5.41, 5.74) is 9.68. The van der Waals surface area contributed by atoms with Crippen LogP contribution in [0.15, 0.2) is 53.4 Å². The quantitative estimate of drug-likeness (QED) is 0.721. The Labute approximate surface area is 125 Å². The van der Waals surface area contributed by atoms with Crippen LogP contribution >= 0.6 is 15.9 Å². The van der Waals surface area contributed by atoms with Crippen LogP contribution in [0.1, 0.15) is 5.56 Å². The van der Waals surface area contributed by atoms with Crippen LogP contribution in [0.3, 0.4) is 0 Å². The summed E-state index contributed by atoms with van der Waals surface area (Å²) in [5.74, 6) is 0. The molecule has 5 heteroatoms. The van der Waals surface area contributed by atoms with Gasteiger partial charge in [0.1, 0.15) is 0 Å². The summed E-state index contributed by atoms with van der Waals surface area (Å²) in [6.45, 7) is 0.699. The minimum absolute atomic E-state index is 0.699. The zero-order valence-corrected chi connectivity index (χ0v) is 12.3. The van der Waals surface area contributed by atoms with Crippen molar-refractivity contribution in [3.05, 3.63) is 59.0 Å². The van der Waals surface area contributed by atoms with E-state index in [4.69, 9.17) is 5.73 Å². The number of pyridine rings is 2. The summed E-state index contributed by atoms with van der Waals surface area (Å²) in [4.78, 5) is 8.55. The summed E-state index contributed by atoms with van der Waals surface area (Å²) in [6, 6.07) is 9.78. The van der Waals surface area contributed by atoms with Crippen molar-refractivity contribution in [2.24, 2.45) is 0 Å². The molecule has 4 nitrogen and oxygen atoms in total. The van der Waals surface area contributed by atoms with E-state index in [-0.39, 0.29) is 0 Å². The van der Waals surface area contributed by atoms with Crippen molar-refractivity contribution in [1.29, 1.82) is 0 Å². The number of rotatable bonds is 3. The average Bonchev–Trinajstić information content (AvgIpc) is 2.48. The molecule has 0 saturated heterocycles. The maximum atomic E-state index is 6.00. The lowest BCUT2D eigenvalue weighted by molar-refractivity contribution is 1.11. The first-order chi connectivity index (χ1) is 9.74. The van der Waals surface area contributed by atoms with Gasteiger partial charge in [-0.15, -0.1) is 0 Å². The van der Waals surface area contributed by atoms with Crippen LogP contribution in [0.25, 0.3) is 10.9 Å². The van der Waals surface area contributed by atoms with Crippen LogP contribution in [0.5, 0.6) is 0 Å². The number of nitrogens with zero attached hydrogens (tertiary/aromatic N) is 2. The van der Waals surface area contributed by atoms with Gasteiger partial charge in [-0.2, -0.15) is 0 Å². The molecule has 0 radical (unpaired) electrons. The third-order valence-corrected chi connectivity index (χ3v) is 3.49. The largest absolute Gasteiger partial charge is 0.398 e. The SMILES string of the molecule is Nc1ccc(NCc2cccnc2)c2ncc(Br)cc12. The highest BCUT2D eigenvalue weighted by Crippen LogP contribution is 2.29. The summed E-state index contributed by atoms with van der Waals surface area (Å²) < 4.78 is 0.918. The van der Waals surface area contributed by atoms with Crippen LogP contribution in [0.4, 0.5) is 11.4 Å². The number of nitrogens with one attached hydrogen (secondary N) is 1. The van der Waals surface area contributed by atoms with Crippen LogP contribution in [0, 0.1) is 0 Å². The van der Waals surface area contributed by atoms with Crippen LogP contribution in [-0.2, 0) is 6.54 Å². The third-order valence-electron chi connectivity index (χ3n) is 3.06. The molecule has 1 aromatic carbocycles. The first-order valence-electron chi connectivity index (χ1n) is 6.20. The third kappa shape index (κ3) is 2.58. The summed E-state index contributed by atoms with van der Waals surface area (Å²) in [5, 5.41) is 4.32. The van der Waals surface area contributed by atoms with Gasteiger partial charge in [-0.05, 0) is 45.8 Å². The Bertz CT molecular complexity index is 743. The van der Waals surface area contributed by atoms with E-state index in [2.05, 4.69) is 31.2 Å². The lowest BCUT2D eigenvalue weighted by atomic mass is 10.1. The van der Waals surface area contributed by atoms with E-state index < -0.39 is 0 Å². The molecule has 2 aromatic heterocycles. The highest BCUT2D eigenvalue weighted by atomic mass is 79.9. The lowest BCUT2D eigenvalue weighted by Gasteiger charge is -2.11. The average molecular weight is 329 g/mol. The second-order valence-electron chi connectivity index (χ2n) is 4.47. The Morgan fingerprint density at radius 3 is 2.90 bits per heavy atom. The Hall–Kier alpha value is -2.14. The molecule has 0 saturated carbocycles. The van der Waals surface area contributed by atoms with Gasteiger partial charge in [0.15, 0.2) is 0 Å². The van der Waals surface area contributed by atoms with E-state index >= 15 is 0 Å². The van der Waals surface area contributed by atoms with Crippen molar-refractivity contribution in [2.75, 3.05) is 11.1 Å². The van der Waals surface area contributed by atoms with Gasteiger partial charge in [0.25, 0.3) is 0 Å². The molecule has 3 N–H and O–H groups in total. The molecule has 20 heavy (non-hydrogen) atoms. The summed E-state index contributed by atoms with van der Waals surface area (Å²) in [7, 11) is 0. The standard InChI is InChI=1S/C15H13BrN4/c16-11-6-12-13(17)3-4-14(15(12)20-9-11)19-8-10-2-1-5-18-7-10/h1-7,9,19H,8,17H2. The van der Waals surface area contributed by atoms with Crippen LogP contribution in [0.2, 0.25) is 0 Å². The molecule has 0 unspecified atom stereocenters. The number of nitrogen functional groups attached to an aromatic ring is 1. The molecule has 3 aromatic rings. The number of fused-ring (bicyclic) bond motifs is 1. The zero-order valence-electron chi connectivity index (χ0n) is 10.7. The van der Waals surface area contributed by atoms with Crippen molar-refractivity contribution in [2.45, 2.75) is 6.54 Å². The molecule has 0 bridgehead atoms. The monoisotopic (exact) mass is 328 g/mol. The minimum atomic E-state index is 0.699. The Balaban J connectivity index is 1.94. The second-order valence-corrected chi connectivity index (χ2v) is 5.38. The van der Waals surface area contributed by atoms with E-state index in [0.717, 1.165) is 32.3 Å². The number of hydrogen-bond donors (Lipinski definition) is 2. The van der Waals surface area contributed by atoms with E-state index in [1.165, 1.54) is 0 Å². The topological polar surface area (TPSA) is 63.8 Å². The lowest BCUT2D eigenvalue weighted by Crippen LogP contribution is -2.02. The van der Waals surface area contributed by atoms with Crippen molar-refractivity contribution in [1.82, 2.24) is 9.97 Å². The minimum Gasteiger partial charge on any atom is -0.398 e. The van der Waals surface area contributed by atoms with Crippen molar-refractivity contribution in [3.63, 3.8) is 0 Å². The number of hydrogen-bond acceptors (Lipinski definition) is 4. The Morgan fingerprint density at radius 2 is 2.10 bits per heavy atom. The van der Waals surface area contributed by atoms with Gasteiger partial charge in [0.2, 0.25) is 0 Å². The van der Waals surface area contributed by atoms with Crippen LogP contribution in [-0.4, -0.2) is 9.97 Å². The van der Waals surface area contributed by atoms with Gasteiger partial charge < -0.3 is 11.1 Å². The van der Waals surface area contributed by atoms with Gasteiger partial charge >= 0.3 is 0 Å². The van der Waals surface area contributed by atoms with Gasteiger partial charge in [-0.25, -0.2) is 0 Å². The molecule has 0 amide bonds. The Morgan fingerprint density at radius 1 is 1.20 bits per heavy atom. The van der Waals surface area contributed by atoms with E-state index in [0.29, 0.717) is 6.54 Å². The number of halogens is 1. The van der Waals surface area contributed by atoms with E-state index in [1.54, 1.807) is 12.4 Å². The van der Waals surface area contributed by atoms with Crippen molar-refractivity contribution < 1.29 is 0 Å². The maximum absolute atomic E-state index is 6.00. The van der Waals surface area contributed by atoms with E-state index in [9.17, 15) is 0 Å². The van der Waals surface area contributed by atoms with Gasteiger partial charge in [-0.3, -0.25) is 9.97 Å². The zero-order chi connectivity index (χ0) is 13.9. The molecular formula is C15H13BrN4. The smallest absolute Gasteiger partial charge is 0.0954 e. The molecule has 3 rings (SSSR count). The normalized spacial score (nSPS) is 10.7. The predicted octanol–water partition coefficient (Wildman–Crippen LogP) is 3.59. The molecule has 0 aliphatic heterocycles. The molecule has 0 aliphatic rings. The van der Waals surface area contributed by atoms with Crippen molar-refractivity contribution in [3.8, 4) is 0 Å². The summed E-state index contributed by atoms with van der Waals surface area (Å²) in [6.07, 6.45) is 5.38. The molecular weight excluding hydrogens is 316 g/mol. The predicted molar refractivity (Wildman–Crippen MR) is 85.4 cm³/mol. The number of nitrogens with two attached hydrogens (primary N) is 1. The highest BCUT2D eigenvalue weighted by molar-refractivity contribution is 9.10. The number of benzene rings is 1. The number of aromatic nitrogens is 2. The molecule has 0 spiro atoms. The fourth-order valence-electron chi connectivity index (χ4n) is 2.06. The second kappa shape index (κ2) is 5.46. The highest BCUT2D eigenvalue weighted by Gasteiger charge is 2.06. The van der Waals surface area contributed by atoms with Gasteiger partial charge in [0.05, 0.1) is 11.2 Å². The Kier molecular flexibility index (Phi) is 3.52. The van der Waals surface area contributed by atoms with Crippen molar-refractivity contribution >= 4 is 38.2 Å². The molecule has 100 valence electrons. The first-order valence-corrected chi connectivity index (χ1v) is 7.00. The molecule has 0 atom stereocenters. The first kappa shape index (κ1) is 12.9. The molecule has 2 heterocycles. The maximum Gasteiger partial charge on any atom is 0.0954 e. The molecule has 0 fully saturated rings. The summed E-state index contributed by atoms with van der Waals surface area (Å²) >= 11 is 3.42. The van der Waals surface area contributed by atoms with Gasteiger partial charge in [-0.1, -0.05) is 6.07 Å². The van der Waals surface area contributed by atoms with Gasteiger partial charge in [0, 0.05) is 40.7 Å². The number of anilines is 2. The fraction of sp³-hybridized carbons (Fsp3) is 0.0667.